The fourth-order valence-corrected chi connectivity index (χ4v) is 10.6. The summed E-state index contributed by atoms with van der Waals surface area (Å²) >= 11 is 0. The van der Waals surface area contributed by atoms with Crippen LogP contribution in [0.5, 0.6) is 0 Å². The second-order valence-corrected chi connectivity index (χ2v) is 17.6. The van der Waals surface area contributed by atoms with Gasteiger partial charge in [-0.2, -0.15) is 9.97 Å². The summed E-state index contributed by atoms with van der Waals surface area (Å²) in [7, 11) is 0. The van der Waals surface area contributed by atoms with Gasteiger partial charge in [0.2, 0.25) is 5.95 Å². The van der Waals surface area contributed by atoms with Crippen LogP contribution in [0.3, 0.4) is 0 Å². The van der Waals surface area contributed by atoms with E-state index < -0.39 is 0 Å². The van der Waals surface area contributed by atoms with Crippen LogP contribution in [0.2, 0.25) is 0 Å². The van der Waals surface area contributed by atoms with E-state index in [0.717, 1.165) is 60.9 Å². The molecule has 69 heavy (non-hydrogen) atoms. The maximum Gasteiger partial charge on any atom is 0.238 e. The minimum Gasteiger partial charge on any atom is -0.309 e. The molecule has 0 radical (unpaired) electrons. The molecule has 0 bridgehead atoms. The standard InChI is InChI=1S/C63H40N6/c1-5-19-41(20-6-1)45-37-46(42-21-7-2-8-22-42)39-48(38-45)68-55-32-18-15-29-51(55)60-58(68)36-35-57-59(60)50-28-14-17-31-54(50)67(57)47-33-34-56-52(40-47)49-27-13-16-30-53(49)69(56)63-65-61(43-23-9-3-10-24-43)64-62(66-63)44-25-11-4-12-26-44/h1-40H. The molecule has 0 N–H and O–H groups in total. The Kier molecular flexibility index (Phi) is 8.79. The minimum atomic E-state index is 0.572. The van der Waals surface area contributed by atoms with E-state index in [1.807, 2.05) is 36.4 Å². The van der Waals surface area contributed by atoms with Gasteiger partial charge in [0.1, 0.15) is 0 Å². The zero-order valence-corrected chi connectivity index (χ0v) is 37.3. The molecule has 10 aromatic carbocycles. The topological polar surface area (TPSA) is 53.5 Å². The van der Waals surface area contributed by atoms with E-state index in [-0.39, 0.29) is 0 Å². The van der Waals surface area contributed by atoms with Gasteiger partial charge in [-0.25, -0.2) is 4.98 Å². The number of benzene rings is 10. The summed E-state index contributed by atoms with van der Waals surface area (Å²) in [6.07, 6.45) is 0. The summed E-state index contributed by atoms with van der Waals surface area (Å²) in [6, 6.07) is 86.5. The molecule has 4 aromatic heterocycles. The van der Waals surface area contributed by atoms with Gasteiger partial charge in [-0.15, -0.1) is 0 Å². The van der Waals surface area contributed by atoms with Gasteiger partial charge >= 0.3 is 0 Å². The van der Waals surface area contributed by atoms with Crippen LogP contribution in [0.25, 0.3) is 128 Å². The van der Waals surface area contributed by atoms with Crippen LogP contribution in [0, 0.1) is 0 Å². The third kappa shape index (κ3) is 6.23. The highest BCUT2D eigenvalue weighted by atomic mass is 15.2. The molecule has 14 aromatic rings. The quantitative estimate of drug-likeness (QED) is 0.160. The summed E-state index contributed by atoms with van der Waals surface area (Å²) in [5, 5.41) is 7.13. The zero-order chi connectivity index (χ0) is 45.4. The molecule has 0 atom stereocenters. The molecule has 0 spiro atoms. The van der Waals surface area contributed by atoms with Gasteiger partial charge in [0, 0.05) is 54.8 Å². The van der Waals surface area contributed by atoms with Crippen molar-refractivity contribution in [2.45, 2.75) is 0 Å². The zero-order valence-electron chi connectivity index (χ0n) is 37.3. The first kappa shape index (κ1) is 38.8. The van der Waals surface area contributed by atoms with Gasteiger partial charge in [0.25, 0.3) is 0 Å². The summed E-state index contributed by atoms with van der Waals surface area (Å²) in [5.74, 6) is 1.82. The Hall–Kier alpha value is -9.39. The predicted molar refractivity (Wildman–Crippen MR) is 285 cm³/mol. The largest absolute Gasteiger partial charge is 0.309 e. The lowest BCUT2D eigenvalue weighted by atomic mass is 9.98. The Labute approximate surface area is 397 Å². The molecule has 6 heteroatoms. The maximum atomic E-state index is 5.18. The molecule has 4 heterocycles. The number of nitrogens with zero attached hydrogens (tertiary/aromatic N) is 6. The van der Waals surface area contributed by atoms with Crippen molar-refractivity contribution in [3.8, 4) is 62.4 Å². The number of hydrogen-bond acceptors (Lipinski definition) is 3. The Morgan fingerprint density at radius 1 is 0.232 bits per heavy atom. The summed E-state index contributed by atoms with van der Waals surface area (Å²) in [5.41, 5.74) is 15.5. The van der Waals surface area contributed by atoms with Crippen LogP contribution >= 0.6 is 0 Å². The monoisotopic (exact) mass is 880 g/mol. The van der Waals surface area contributed by atoms with Crippen LogP contribution in [0.1, 0.15) is 0 Å². The second kappa shape index (κ2) is 15.6. The molecule has 0 saturated carbocycles. The molecule has 0 aliphatic carbocycles. The van der Waals surface area contributed by atoms with E-state index in [1.54, 1.807) is 0 Å². The number of para-hydroxylation sites is 3. The molecule has 0 fully saturated rings. The van der Waals surface area contributed by atoms with Gasteiger partial charge in [-0.1, -0.05) is 176 Å². The van der Waals surface area contributed by atoms with Gasteiger partial charge in [0.15, 0.2) is 11.6 Å². The normalized spacial score (nSPS) is 11.8. The van der Waals surface area contributed by atoms with Crippen molar-refractivity contribution in [1.82, 2.24) is 28.7 Å². The smallest absolute Gasteiger partial charge is 0.238 e. The molecule has 0 aliphatic rings. The van der Waals surface area contributed by atoms with Crippen molar-refractivity contribution >= 4 is 65.4 Å². The van der Waals surface area contributed by atoms with Crippen LogP contribution in [0.4, 0.5) is 0 Å². The second-order valence-electron chi connectivity index (χ2n) is 17.6. The summed E-state index contributed by atoms with van der Waals surface area (Å²) in [4.78, 5) is 15.4. The van der Waals surface area contributed by atoms with Gasteiger partial charge in [-0.05, 0) is 89.0 Å². The number of aromatic nitrogens is 6. The van der Waals surface area contributed by atoms with Crippen molar-refractivity contribution in [2.24, 2.45) is 0 Å². The maximum absolute atomic E-state index is 5.18. The highest BCUT2D eigenvalue weighted by Crippen LogP contribution is 2.44. The van der Waals surface area contributed by atoms with E-state index in [0.29, 0.717) is 17.6 Å². The molecule has 322 valence electrons. The molecule has 14 rings (SSSR count). The Bertz CT molecular complexity index is 4170. The number of rotatable bonds is 7. The molecule has 0 aliphatic heterocycles. The molecule has 6 nitrogen and oxygen atoms in total. The van der Waals surface area contributed by atoms with Gasteiger partial charge in [-0.3, -0.25) is 4.57 Å². The SMILES string of the molecule is c1ccc(-c2cc(-c3ccccc3)cc(-n3c4ccccc4c4c5c6ccccc6n(-c6ccc7c(c6)c6ccccc6n7-c6nc(-c7ccccc7)nc(-c7ccccc7)n6)c5ccc43)c2)cc1. The van der Waals surface area contributed by atoms with Crippen LogP contribution < -0.4 is 0 Å². The first-order valence-corrected chi connectivity index (χ1v) is 23.4. The highest BCUT2D eigenvalue weighted by molar-refractivity contribution is 6.29. The van der Waals surface area contributed by atoms with Crippen molar-refractivity contribution in [3.63, 3.8) is 0 Å². The van der Waals surface area contributed by atoms with Gasteiger partial charge < -0.3 is 9.13 Å². The Morgan fingerprint density at radius 3 is 1.13 bits per heavy atom. The van der Waals surface area contributed by atoms with E-state index in [4.69, 9.17) is 15.0 Å². The number of fused-ring (bicyclic) bond motifs is 10. The van der Waals surface area contributed by atoms with Crippen LogP contribution in [0.15, 0.2) is 243 Å². The lowest BCUT2D eigenvalue weighted by Crippen LogP contribution is -2.06. The first-order valence-electron chi connectivity index (χ1n) is 23.4. The lowest BCUT2D eigenvalue weighted by Gasteiger charge is -2.14. The van der Waals surface area contributed by atoms with Crippen molar-refractivity contribution in [2.75, 3.05) is 0 Å². The van der Waals surface area contributed by atoms with Gasteiger partial charge in [0.05, 0.1) is 33.1 Å². The van der Waals surface area contributed by atoms with E-state index in [9.17, 15) is 0 Å². The lowest BCUT2D eigenvalue weighted by molar-refractivity contribution is 0.953. The van der Waals surface area contributed by atoms with E-state index in [2.05, 4.69) is 220 Å². The summed E-state index contributed by atoms with van der Waals surface area (Å²) in [6.45, 7) is 0. The molecule has 0 unspecified atom stereocenters. The van der Waals surface area contributed by atoms with Crippen LogP contribution in [-0.2, 0) is 0 Å². The molecular formula is C63H40N6. The third-order valence-electron chi connectivity index (χ3n) is 13.7. The molecular weight excluding hydrogens is 841 g/mol. The third-order valence-corrected chi connectivity index (χ3v) is 13.7. The fourth-order valence-electron chi connectivity index (χ4n) is 10.6. The Balaban J connectivity index is 0.997. The average Bonchev–Trinajstić information content (AvgIpc) is 4.07. The fraction of sp³-hybridized carbons (Fsp3) is 0. The van der Waals surface area contributed by atoms with Crippen molar-refractivity contribution < 1.29 is 0 Å². The summed E-state index contributed by atoms with van der Waals surface area (Å²) < 4.78 is 7.09. The van der Waals surface area contributed by atoms with E-state index >= 15 is 0 Å². The van der Waals surface area contributed by atoms with Crippen molar-refractivity contribution in [3.05, 3.63) is 243 Å². The van der Waals surface area contributed by atoms with Crippen LogP contribution in [-0.4, -0.2) is 28.7 Å². The minimum absolute atomic E-state index is 0.572. The average molecular weight is 881 g/mol. The van der Waals surface area contributed by atoms with E-state index in [1.165, 1.54) is 49.3 Å². The first-order chi connectivity index (χ1) is 34.2. The Morgan fingerprint density at radius 2 is 0.623 bits per heavy atom. The highest BCUT2D eigenvalue weighted by Gasteiger charge is 2.23. The molecule has 0 amide bonds. The predicted octanol–water partition coefficient (Wildman–Crippen LogP) is 15.8. The van der Waals surface area contributed by atoms with Crippen molar-refractivity contribution in [1.29, 1.82) is 0 Å². The molecule has 0 saturated heterocycles. The number of hydrogen-bond donors (Lipinski definition) is 0.